The molecular weight excluding hydrogens is 373 g/mol. The number of nitrogens with one attached hydrogen (secondary N) is 1. The number of aromatic nitrogens is 4. The van der Waals surface area contributed by atoms with Gasteiger partial charge in [0, 0.05) is 5.02 Å². The molecule has 0 aliphatic carbocycles. The molecule has 0 saturated heterocycles. The molecule has 0 spiro atoms. The average Bonchev–Trinajstić information content (AvgIpc) is 3.03. The Bertz CT molecular complexity index is 1260. The van der Waals surface area contributed by atoms with Crippen molar-refractivity contribution < 1.29 is 9.18 Å². The van der Waals surface area contributed by atoms with Crippen molar-refractivity contribution in [3.05, 3.63) is 69.5 Å². The third kappa shape index (κ3) is 2.93. The Kier molecular flexibility index (Phi) is 4.12. The smallest absolute Gasteiger partial charge is 0.297 e. The van der Waals surface area contributed by atoms with Crippen molar-refractivity contribution in [3.8, 4) is 0 Å². The summed E-state index contributed by atoms with van der Waals surface area (Å²) in [7, 11) is 0. The molecule has 2 aromatic carbocycles. The van der Waals surface area contributed by atoms with Gasteiger partial charge in [0.15, 0.2) is 0 Å². The Morgan fingerprint density at radius 3 is 2.67 bits per heavy atom. The molecule has 0 aliphatic heterocycles. The van der Waals surface area contributed by atoms with Crippen molar-refractivity contribution in [2.45, 2.75) is 13.5 Å². The molecule has 0 atom stereocenters. The number of fused-ring (bicyclic) bond motifs is 3. The topological polar surface area (TPSA) is 81.3 Å². The van der Waals surface area contributed by atoms with Crippen molar-refractivity contribution >= 4 is 39.9 Å². The maximum Gasteiger partial charge on any atom is 0.297 e. The van der Waals surface area contributed by atoms with Gasteiger partial charge >= 0.3 is 0 Å². The van der Waals surface area contributed by atoms with Gasteiger partial charge in [-0.3, -0.25) is 18.6 Å². The van der Waals surface area contributed by atoms with E-state index in [0.29, 0.717) is 16.9 Å². The van der Waals surface area contributed by atoms with Crippen LogP contribution in [0.25, 0.3) is 16.7 Å². The molecule has 27 heavy (non-hydrogen) atoms. The van der Waals surface area contributed by atoms with Crippen molar-refractivity contribution in [2.75, 3.05) is 5.32 Å². The van der Waals surface area contributed by atoms with Crippen molar-refractivity contribution in [3.63, 3.8) is 0 Å². The lowest BCUT2D eigenvalue weighted by atomic mass is 10.2. The van der Waals surface area contributed by atoms with Crippen LogP contribution in [0, 0.1) is 12.7 Å². The minimum atomic E-state index is -0.656. The first kappa shape index (κ1) is 17.2. The quantitative estimate of drug-likeness (QED) is 0.588. The summed E-state index contributed by atoms with van der Waals surface area (Å²) in [6, 6.07) is 11.1. The number of carbonyl (C=O) groups excluding carboxylic acids is 1. The summed E-state index contributed by atoms with van der Waals surface area (Å²) >= 11 is 5.71. The molecule has 9 heteroatoms. The molecule has 2 heterocycles. The summed E-state index contributed by atoms with van der Waals surface area (Å²) in [5.41, 5.74) is 0.892. The van der Waals surface area contributed by atoms with E-state index in [0.717, 1.165) is 6.07 Å². The standard InChI is InChI=1S/C18H13ClFN5O2/c1-10-22-23-17-18(27)24(14-4-2-3-5-15(14)25(10)17)9-16(26)21-13-7-6-11(19)8-12(13)20/h2-8H,9H2,1H3,(H,21,26). The summed E-state index contributed by atoms with van der Waals surface area (Å²) in [5.74, 6) is -0.640. The van der Waals surface area contributed by atoms with E-state index in [-0.39, 0.29) is 22.9 Å². The number of para-hydroxylation sites is 2. The maximum absolute atomic E-state index is 13.9. The van der Waals surface area contributed by atoms with Crippen LogP contribution in [-0.2, 0) is 11.3 Å². The monoisotopic (exact) mass is 385 g/mol. The molecule has 0 bridgehead atoms. The van der Waals surface area contributed by atoms with E-state index in [2.05, 4.69) is 15.5 Å². The van der Waals surface area contributed by atoms with Gasteiger partial charge in [-0.2, -0.15) is 0 Å². The summed E-state index contributed by atoms with van der Waals surface area (Å²) in [6.07, 6.45) is 0. The molecule has 4 aromatic rings. The molecule has 0 unspecified atom stereocenters. The number of aryl methyl sites for hydroxylation is 1. The number of rotatable bonds is 3. The van der Waals surface area contributed by atoms with Gasteiger partial charge in [-0.15, -0.1) is 10.2 Å². The second kappa shape index (κ2) is 6.48. The van der Waals surface area contributed by atoms with E-state index in [1.54, 1.807) is 23.5 Å². The van der Waals surface area contributed by atoms with Crippen LogP contribution in [0.1, 0.15) is 5.82 Å². The van der Waals surface area contributed by atoms with Gasteiger partial charge in [0.2, 0.25) is 11.6 Å². The molecule has 0 aliphatic rings. The Balaban J connectivity index is 1.78. The first-order valence-corrected chi connectivity index (χ1v) is 8.41. The van der Waals surface area contributed by atoms with Crippen LogP contribution in [0.2, 0.25) is 5.02 Å². The molecule has 1 N–H and O–H groups in total. The highest BCUT2D eigenvalue weighted by molar-refractivity contribution is 6.30. The molecule has 2 aromatic heterocycles. The first-order valence-electron chi connectivity index (χ1n) is 8.04. The van der Waals surface area contributed by atoms with Crippen molar-refractivity contribution in [2.24, 2.45) is 0 Å². The van der Waals surface area contributed by atoms with Crippen LogP contribution in [0.3, 0.4) is 0 Å². The first-order chi connectivity index (χ1) is 13.0. The van der Waals surface area contributed by atoms with Crippen molar-refractivity contribution in [1.29, 1.82) is 0 Å². The van der Waals surface area contributed by atoms with Crippen LogP contribution in [0.4, 0.5) is 10.1 Å². The SMILES string of the molecule is Cc1nnc2c(=O)n(CC(=O)Nc3ccc(Cl)cc3F)c3ccccc3n12. The zero-order valence-corrected chi connectivity index (χ0v) is 14.9. The number of anilines is 1. The molecular formula is C18H13ClFN5O2. The van der Waals surface area contributed by atoms with Gasteiger partial charge in [-0.1, -0.05) is 23.7 Å². The number of halogens is 2. The number of nitrogens with zero attached hydrogens (tertiary/aromatic N) is 4. The number of hydrogen-bond acceptors (Lipinski definition) is 4. The van der Waals surface area contributed by atoms with Crippen molar-refractivity contribution in [1.82, 2.24) is 19.2 Å². The Hall–Kier alpha value is -3.26. The lowest BCUT2D eigenvalue weighted by molar-refractivity contribution is -0.116. The van der Waals surface area contributed by atoms with E-state index in [4.69, 9.17) is 11.6 Å². The third-order valence-corrected chi connectivity index (χ3v) is 4.42. The lowest BCUT2D eigenvalue weighted by Gasteiger charge is -2.12. The predicted molar refractivity (Wildman–Crippen MR) is 99.5 cm³/mol. The summed E-state index contributed by atoms with van der Waals surface area (Å²) in [5, 5.41) is 10.5. The highest BCUT2D eigenvalue weighted by atomic mass is 35.5. The van der Waals surface area contributed by atoms with Gasteiger partial charge in [0.05, 0.1) is 16.7 Å². The van der Waals surface area contributed by atoms with Crippen LogP contribution in [0.15, 0.2) is 47.3 Å². The maximum atomic E-state index is 13.9. The van der Waals surface area contributed by atoms with Crippen LogP contribution >= 0.6 is 11.6 Å². The zero-order chi connectivity index (χ0) is 19.1. The van der Waals surface area contributed by atoms with Crippen LogP contribution < -0.4 is 10.9 Å². The zero-order valence-electron chi connectivity index (χ0n) is 14.1. The van der Waals surface area contributed by atoms with Gasteiger partial charge in [0.1, 0.15) is 18.2 Å². The van der Waals surface area contributed by atoms with E-state index < -0.39 is 17.3 Å². The van der Waals surface area contributed by atoms with Gasteiger partial charge in [-0.25, -0.2) is 4.39 Å². The molecule has 7 nitrogen and oxygen atoms in total. The third-order valence-electron chi connectivity index (χ3n) is 4.18. The summed E-state index contributed by atoms with van der Waals surface area (Å²) in [4.78, 5) is 25.3. The van der Waals surface area contributed by atoms with Gasteiger partial charge in [0.25, 0.3) is 5.56 Å². The Morgan fingerprint density at radius 2 is 1.93 bits per heavy atom. The number of carbonyl (C=O) groups is 1. The number of benzene rings is 2. The molecule has 1 amide bonds. The Morgan fingerprint density at radius 1 is 1.19 bits per heavy atom. The van der Waals surface area contributed by atoms with Gasteiger partial charge in [-0.05, 0) is 37.3 Å². The lowest BCUT2D eigenvalue weighted by Crippen LogP contribution is -2.29. The molecule has 0 fully saturated rings. The van der Waals surface area contributed by atoms with Crippen LogP contribution in [-0.4, -0.2) is 25.1 Å². The number of amides is 1. The normalized spacial score (nSPS) is 11.2. The summed E-state index contributed by atoms with van der Waals surface area (Å²) < 4.78 is 16.8. The fourth-order valence-corrected chi connectivity index (χ4v) is 3.14. The molecule has 0 saturated carbocycles. The molecule has 136 valence electrons. The van der Waals surface area contributed by atoms with E-state index >= 15 is 0 Å². The predicted octanol–water partition coefficient (Wildman–Crippen LogP) is 2.78. The largest absolute Gasteiger partial charge is 0.322 e. The highest BCUT2D eigenvalue weighted by Gasteiger charge is 2.17. The van der Waals surface area contributed by atoms with Crippen LogP contribution in [0.5, 0.6) is 0 Å². The second-order valence-corrected chi connectivity index (χ2v) is 6.40. The fraction of sp³-hybridized carbons (Fsp3) is 0.111. The van der Waals surface area contributed by atoms with E-state index in [9.17, 15) is 14.0 Å². The minimum Gasteiger partial charge on any atom is -0.322 e. The Labute approximate surface area is 157 Å². The number of hydrogen-bond donors (Lipinski definition) is 1. The van der Waals surface area contributed by atoms with Gasteiger partial charge < -0.3 is 5.32 Å². The fourth-order valence-electron chi connectivity index (χ4n) is 2.98. The molecule has 0 radical (unpaired) electrons. The summed E-state index contributed by atoms with van der Waals surface area (Å²) in [6.45, 7) is 1.44. The highest BCUT2D eigenvalue weighted by Crippen LogP contribution is 2.19. The van der Waals surface area contributed by atoms with E-state index in [1.165, 1.54) is 16.7 Å². The van der Waals surface area contributed by atoms with E-state index in [1.807, 2.05) is 12.1 Å². The average molecular weight is 386 g/mol. The second-order valence-electron chi connectivity index (χ2n) is 5.96. The minimum absolute atomic E-state index is 0.0128. The molecule has 4 rings (SSSR count).